The Morgan fingerprint density at radius 1 is 1.13 bits per heavy atom. The summed E-state index contributed by atoms with van der Waals surface area (Å²) < 4.78 is 0. The molecule has 2 rings (SSSR count). The zero-order valence-corrected chi connectivity index (χ0v) is 14.5. The first-order valence-electron chi connectivity index (χ1n) is 7.73. The van der Waals surface area contributed by atoms with Crippen LogP contribution in [0.15, 0.2) is 35.7 Å². The summed E-state index contributed by atoms with van der Waals surface area (Å²) in [4.78, 5) is 24.8. The monoisotopic (exact) mass is 330 g/mol. The first-order chi connectivity index (χ1) is 11.0. The Hall–Kier alpha value is -2.14. The molecule has 4 nitrogen and oxygen atoms in total. The number of hydrogen-bond acceptors (Lipinski definition) is 3. The molecule has 0 spiro atoms. The van der Waals surface area contributed by atoms with Crippen molar-refractivity contribution in [2.75, 3.05) is 0 Å². The highest BCUT2D eigenvalue weighted by Gasteiger charge is 2.11. The first-order valence-corrected chi connectivity index (χ1v) is 8.61. The topological polar surface area (TPSA) is 58.2 Å². The van der Waals surface area contributed by atoms with E-state index >= 15 is 0 Å². The predicted octanol–water partition coefficient (Wildman–Crippen LogP) is 3.51. The van der Waals surface area contributed by atoms with E-state index in [4.69, 9.17) is 0 Å². The molecule has 2 amide bonds. The second-order valence-corrected chi connectivity index (χ2v) is 6.51. The molecule has 0 saturated carbocycles. The summed E-state index contributed by atoms with van der Waals surface area (Å²) >= 11 is 1.44. The fourth-order valence-electron chi connectivity index (χ4n) is 2.05. The van der Waals surface area contributed by atoms with E-state index in [0.29, 0.717) is 12.1 Å². The number of hydrogen-bond donors (Lipinski definition) is 2. The summed E-state index contributed by atoms with van der Waals surface area (Å²) in [7, 11) is 0. The van der Waals surface area contributed by atoms with Crippen LogP contribution in [-0.2, 0) is 6.54 Å². The van der Waals surface area contributed by atoms with Crippen LogP contribution in [0.5, 0.6) is 0 Å². The SMILES string of the molecule is CC[C@@H](C)NC(=O)c1ccc(CNC(=O)c2sccc2C)cc1. The normalized spacial score (nSPS) is 11.8. The Kier molecular flexibility index (Phi) is 5.93. The lowest BCUT2D eigenvalue weighted by molar-refractivity contribution is 0.0934. The molecule has 2 N–H and O–H groups in total. The molecular weight excluding hydrogens is 308 g/mol. The molecule has 0 aliphatic carbocycles. The van der Waals surface area contributed by atoms with Crippen molar-refractivity contribution in [2.24, 2.45) is 0 Å². The van der Waals surface area contributed by atoms with Crippen LogP contribution in [-0.4, -0.2) is 17.9 Å². The van der Waals surface area contributed by atoms with Crippen LogP contribution >= 0.6 is 11.3 Å². The van der Waals surface area contributed by atoms with Gasteiger partial charge in [0.15, 0.2) is 0 Å². The molecular formula is C18H22N2O2S. The minimum Gasteiger partial charge on any atom is -0.350 e. The van der Waals surface area contributed by atoms with Gasteiger partial charge in [-0.05, 0) is 55.0 Å². The van der Waals surface area contributed by atoms with Crippen molar-refractivity contribution in [1.82, 2.24) is 10.6 Å². The van der Waals surface area contributed by atoms with Crippen LogP contribution in [0, 0.1) is 6.92 Å². The minimum atomic E-state index is -0.0656. The second-order valence-electron chi connectivity index (χ2n) is 5.60. The van der Waals surface area contributed by atoms with Crippen LogP contribution in [0.25, 0.3) is 0 Å². The van der Waals surface area contributed by atoms with Gasteiger partial charge < -0.3 is 10.6 Å². The molecule has 2 aromatic rings. The Labute approximate surface area is 140 Å². The molecule has 122 valence electrons. The van der Waals surface area contributed by atoms with E-state index in [1.807, 2.05) is 44.4 Å². The number of carbonyl (C=O) groups excluding carboxylic acids is 2. The molecule has 0 aliphatic rings. The maximum atomic E-state index is 12.1. The smallest absolute Gasteiger partial charge is 0.261 e. The molecule has 1 atom stereocenters. The highest BCUT2D eigenvalue weighted by molar-refractivity contribution is 7.12. The van der Waals surface area contributed by atoms with Gasteiger partial charge in [-0.15, -0.1) is 11.3 Å². The van der Waals surface area contributed by atoms with Crippen molar-refractivity contribution in [3.63, 3.8) is 0 Å². The highest BCUT2D eigenvalue weighted by Crippen LogP contribution is 2.15. The molecule has 1 aromatic heterocycles. The standard InChI is InChI=1S/C18H22N2O2S/c1-4-13(3)20-17(21)15-7-5-14(6-8-15)11-19-18(22)16-12(2)9-10-23-16/h5-10,13H,4,11H2,1-3H3,(H,19,22)(H,20,21)/t13-/m1/s1. The van der Waals surface area contributed by atoms with Gasteiger partial charge in [0.05, 0.1) is 4.88 Å². The predicted molar refractivity (Wildman–Crippen MR) is 93.9 cm³/mol. The maximum absolute atomic E-state index is 12.1. The van der Waals surface area contributed by atoms with E-state index in [1.165, 1.54) is 11.3 Å². The molecule has 23 heavy (non-hydrogen) atoms. The third-order valence-corrected chi connectivity index (χ3v) is 4.74. The molecule has 0 bridgehead atoms. The van der Waals surface area contributed by atoms with Gasteiger partial charge in [0.1, 0.15) is 0 Å². The van der Waals surface area contributed by atoms with Crippen LogP contribution < -0.4 is 10.6 Å². The minimum absolute atomic E-state index is 0.0592. The number of nitrogens with one attached hydrogen (secondary N) is 2. The van der Waals surface area contributed by atoms with Crippen molar-refractivity contribution in [3.05, 3.63) is 57.3 Å². The van der Waals surface area contributed by atoms with Gasteiger partial charge in [0.2, 0.25) is 0 Å². The van der Waals surface area contributed by atoms with E-state index in [0.717, 1.165) is 22.4 Å². The molecule has 0 unspecified atom stereocenters. The van der Waals surface area contributed by atoms with Crippen molar-refractivity contribution in [2.45, 2.75) is 39.8 Å². The van der Waals surface area contributed by atoms with Crippen molar-refractivity contribution in [1.29, 1.82) is 0 Å². The van der Waals surface area contributed by atoms with E-state index in [-0.39, 0.29) is 17.9 Å². The number of benzene rings is 1. The van der Waals surface area contributed by atoms with E-state index in [1.54, 1.807) is 12.1 Å². The van der Waals surface area contributed by atoms with Gasteiger partial charge in [-0.25, -0.2) is 0 Å². The quantitative estimate of drug-likeness (QED) is 0.851. The van der Waals surface area contributed by atoms with Gasteiger partial charge in [0.25, 0.3) is 11.8 Å². The summed E-state index contributed by atoms with van der Waals surface area (Å²) in [6.45, 7) is 6.39. The first kappa shape index (κ1) is 17.2. The molecule has 0 aliphatic heterocycles. The molecule has 0 saturated heterocycles. The van der Waals surface area contributed by atoms with Crippen LogP contribution in [0.2, 0.25) is 0 Å². The maximum Gasteiger partial charge on any atom is 0.261 e. The fraction of sp³-hybridized carbons (Fsp3) is 0.333. The second kappa shape index (κ2) is 7.92. The Morgan fingerprint density at radius 2 is 1.83 bits per heavy atom. The number of thiophene rings is 1. The van der Waals surface area contributed by atoms with E-state index in [9.17, 15) is 9.59 Å². The average Bonchev–Trinajstić information content (AvgIpc) is 2.99. The Bertz CT molecular complexity index is 677. The van der Waals surface area contributed by atoms with Gasteiger partial charge in [-0.2, -0.15) is 0 Å². The van der Waals surface area contributed by atoms with Crippen LogP contribution in [0.4, 0.5) is 0 Å². The molecule has 1 aromatic carbocycles. The van der Waals surface area contributed by atoms with Crippen molar-refractivity contribution >= 4 is 23.2 Å². The van der Waals surface area contributed by atoms with Gasteiger partial charge in [-0.1, -0.05) is 19.1 Å². The molecule has 5 heteroatoms. The zero-order chi connectivity index (χ0) is 16.8. The lowest BCUT2D eigenvalue weighted by Gasteiger charge is -2.11. The van der Waals surface area contributed by atoms with Crippen molar-refractivity contribution in [3.8, 4) is 0 Å². The Balaban J connectivity index is 1.91. The highest BCUT2D eigenvalue weighted by atomic mass is 32.1. The summed E-state index contributed by atoms with van der Waals surface area (Å²) in [5.74, 6) is -0.125. The largest absolute Gasteiger partial charge is 0.350 e. The molecule has 0 fully saturated rings. The van der Waals surface area contributed by atoms with Gasteiger partial charge in [-0.3, -0.25) is 9.59 Å². The summed E-state index contributed by atoms with van der Waals surface area (Å²) in [5.41, 5.74) is 2.59. The van der Waals surface area contributed by atoms with Crippen LogP contribution in [0.1, 0.15) is 51.4 Å². The lowest BCUT2D eigenvalue weighted by Crippen LogP contribution is -2.31. The third kappa shape index (κ3) is 4.66. The fourth-order valence-corrected chi connectivity index (χ4v) is 2.89. The van der Waals surface area contributed by atoms with E-state index in [2.05, 4.69) is 10.6 Å². The third-order valence-electron chi connectivity index (χ3n) is 3.73. The molecule has 1 heterocycles. The number of rotatable bonds is 6. The van der Waals surface area contributed by atoms with Gasteiger partial charge in [0, 0.05) is 18.2 Å². The lowest BCUT2D eigenvalue weighted by atomic mass is 10.1. The Morgan fingerprint density at radius 3 is 2.39 bits per heavy atom. The van der Waals surface area contributed by atoms with Gasteiger partial charge >= 0.3 is 0 Å². The number of carbonyl (C=O) groups is 2. The number of aryl methyl sites for hydroxylation is 1. The average molecular weight is 330 g/mol. The molecule has 0 radical (unpaired) electrons. The number of amides is 2. The zero-order valence-electron chi connectivity index (χ0n) is 13.7. The van der Waals surface area contributed by atoms with Crippen molar-refractivity contribution < 1.29 is 9.59 Å². The summed E-state index contributed by atoms with van der Waals surface area (Å²) in [6.07, 6.45) is 0.901. The summed E-state index contributed by atoms with van der Waals surface area (Å²) in [6, 6.07) is 9.41. The van der Waals surface area contributed by atoms with E-state index < -0.39 is 0 Å². The van der Waals surface area contributed by atoms with Crippen LogP contribution in [0.3, 0.4) is 0 Å². The summed E-state index contributed by atoms with van der Waals surface area (Å²) in [5, 5.41) is 7.75.